The van der Waals surface area contributed by atoms with Crippen LogP contribution in [0.1, 0.15) is 30.1 Å². The van der Waals surface area contributed by atoms with Gasteiger partial charge in [-0.05, 0) is 44.6 Å². The summed E-state index contributed by atoms with van der Waals surface area (Å²) >= 11 is 0. The van der Waals surface area contributed by atoms with Crippen molar-refractivity contribution >= 4 is 5.97 Å². The van der Waals surface area contributed by atoms with Gasteiger partial charge in [-0.2, -0.15) is 0 Å². The van der Waals surface area contributed by atoms with Crippen molar-refractivity contribution in [2.24, 2.45) is 5.41 Å². The van der Waals surface area contributed by atoms with E-state index in [1.807, 2.05) is 0 Å². The first-order valence-corrected chi connectivity index (χ1v) is 7.55. The van der Waals surface area contributed by atoms with E-state index in [0.29, 0.717) is 23.7 Å². The number of rotatable bonds is 5. The molecule has 0 bridgehead atoms. The lowest BCUT2D eigenvalue weighted by Crippen LogP contribution is -2.42. The van der Waals surface area contributed by atoms with Gasteiger partial charge >= 0.3 is 5.97 Å². The van der Waals surface area contributed by atoms with Crippen molar-refractivity contribution in [2.45, 2.75) is 19.8 Å². The van der Waals surface area contributed by atoms with Gasteiger partial charge < -0.3 is 19.1 Å². The molecule has 1 aliphatic heterocycles. The SMILES string of the molecule is COc1ccc(C(=O)OCC2(C)CCCN(C)C2)cc1OC. The van der Waals surface area contributed by atoms with E-state index in [9.17, 15) is 4.79 Å². The van der Waals surface area contributed by atoms with Crippen LogP contribution in [0.25, 0.3) is 0 Å². The van der Waals surface area contributed by atoms with Crippen LogP contribution in [-0.2, 0) is 4.74 Å². The van der Waals surface area contributed by atoms with Crippen molar-refractivity contribution in [3.63, 3.8) is 0 Å². The summed E-state index contributed by atoms with van der Waals surface area (Å²) in [5.74, 6) is 0.802. The molecule has 1 aliphatic rings. The van der Waals surface area contributed by atoms with E-state index in [4.69, 9.17) is 14.2 Å². The van der Waals surface area contributed by atoms with E-state index in [1.165, 1.54) is 0 Å². The molecule has 0 radical (unpaired) electrons. The van der Waals surface area contributed by atoms with Gasteiger partial charge in [-0.25, -0.2) is 4.79 Å². The average molecular weight is 307 g/mol. The number of carbonyl (C=O) groups excluding carboxylic acids is 1. The Morgan fingerprint density at radius 3 is 2.64 bits per heavy atom. The Bertz CT molecular complexity index is 531. The molecule has 1 fully saturated rings. The van der Waals surface area contributed by atoms with Gasteiger partial charge in [0.1, 0.15) is 0 Å². The Kier molecular flexibility index (Phi) is 5.29. The predicted molar refractivity (Wildman–Crippen MR) is 84.7 cm³/mol. The number of carbonyl (C=O) groups is 1. The maximum Gasteiger partial charge on any atom is 0.338 e. The molecule has 0 N–H and O–H groups in total. The summed E-state index contributed by atoms with van der Waals surface area (Å²) in [5.41, 5.74) is 0.504. The van der Waals surface area contributed by atoms with Gasteiger partial charge in [-0.3, -0.25) is 0 Å². The minimum Gasteiger partial charge on any atom is -0.493 e. The zero-order valence-electron chi connectivity index (χ0n) is 13.8. The molecule has 5 nitrogen and oxygen atoms in total. The Morgan fingerprint density at radius 1 is 1.27 bits per heavy atom. The van der Waals surface area contributed by atoms with E-state index in [1.54, 1.807) is 32.4 Å². The lowest BCUT2D eigenvalue weighted by Gasteiger charge is -2.38. The molecule has 0 aromatic heterocycles. The highest BCUT2D eigenvalue weighted by molar-refractivity contribution is 5.90. The van der Waals surface area contributed by atoms with Crippen LogP contribution in [0.4, 0.5) is 0 Å². The van der Waals surface area contributed by atoms with Crippen LogP contribution in [0.3, 0.4) is 0 Å². The Labute approximate surface area is 132 Å². The van der Waals surface area contributed by atoms with Crippen LogP contribution in [-0.4, -0.2) is 51.8 Å². The van der Waals surface area contributed by atoms with E-state index in [-0.39, 0.29) is 11.4 Å². The molecule has 0 amide bonds. The van der Waals surface area contributed by atoms with Crippen molar-refractivity contribution in [3.05, 3.63) is 23.8 Å². The number of likely N-dealkylation sites (tertiary alicyclic amines) is 1. The number of hydrogen-bond acceptors (Lipinski definition) is 5. The number of methoxy groups -OCH3 is 2. The highest BCUT2D eigenvalue weighted by atomic mass is 16.5. The summed E-state index contributed by atoms with van der Waals surface area (Å²) in [6.07, 6.45) is 2.22. The van der Waals surface area contributed by atoms with Crippen molar-refractivity contribution in [3.8, 4) is 11.5 Å². The molecule has 122 valence electrons. The van der Waals surface area contributed by atoms with Gasteiger partial charge in [0.05, 0.1) is 26.4 Å². The van der Waals surface area contributed by atoms with Crippen LogP contribution in [0.5, 0.6) is 11.5 Å². The molecular weight excluding hydrogens is 282 g/mol. The van der Waals surface area contributed by atoms with Gasteiger partial charge in [0.25, 0.3) is 0 Å². The summed E-state index contributed by atoms with van der Waals surface area (Å²) in [4.78, 5) is 14.5. The molecule has 0 aliphatic carbocycles. The van der Waals surface area contributed by atoms with Crippen LogP contribution < -0.4 is 9.47 Å². The van der Waals surface area contributed by atoms with Crippen LogP contribution in [0, 0.1) is 5.41 Å². The molecule has 1 unspecified atom stereocenters. The van der Waals surface area contributed by atoms with Gasteiger partial charge in [-0.15, -0.1) is 0 Å². The summed E-state index contributed by atoms with van der Waals surface area (Å²) in [7, 11) is 5.22. The number of ether oxygens (including phenoxy) is 3. The van der Waals surface area contributed by atoms with Crippen molar-refractivity contribution in [2.75, 3.05) is 41.0 Å². The molecule has 0 saturated carbocycles. The smallest absolute Gasteiger partial charge is 0.338 e. The van der Waals surface area contributed by atoms with Crippen LogP contribution in [0.15, 0.2) is 18.2 Å². The minimum atomic E-state index is -0.324. The van der Waals surface area contributed by atoms with Gasteiger partial charge in [0.2, 0.25) is 0 Å². The van der Waals surface area contributed by atoms with E-state index < -0.39 is 0 Å². The summed E-state index contributed by atoms with van der Waals surface area (Å²) in [6.45, 7) is 4.67. The second-order valence-electron chi connectivity index (χ2n) is 6.30. The van der Waals surface area contributed by atoms with Gasteiger partial charge in [0, 0.05) is 12.0 Å². The fraction of sp³-hybridized carbons (Fsp3) is 0.588. The third-order valence-corrected chi connectivity index (χ3v) is 4.14. The first-order chi connectivity index (χ1) is 10.5. The number of benzene rings is 1. The summed E-state index contributed by atoms with van der Waals surface area (Å²) in [6, 6.07) is 5.06. The fourth-order valence-corrected chi connectivity index (χ4v) is 2.99. The third kappa shape index (κ3) is 3.91. The highest BCUT2D eigenvalue weighted by Crippen LogP contribution is 2.30. The molecule has 0 spiro atoms. The Hall–Kier alpha value is -1.75. The predicted octanol–water partition coefficient (Wildman–Crippen LogP) is 2.59. The second kappa shape index (κ2) is 7.01. The lowest BCUT2D eigenvalue weighted by molar-refractivity contribution is 0.0121. The second-order valence-corrected chi connectivity index (χ2v) is 6.30. The largest absolute Gasteiger partial charge is 0.493 e. The third-order valence-electron chi connectivity index (χ3n) is 4.14. The number of piperidine rings is 1. The Balaban J connectivity index is 2.00. The number of esters is 1. The first-order valence-electron chi connectivity index (χ1n) is 7.55. The molecule has 1 aromatic carbocycles. The zero-order chi connectivity index (χ0) is 16.2. The molecule has 1 aromatic rings. The molecule has 1 saturated heterocycles. The van der Waals surface area contributed by atoms with E-state index >= 15 is 0 Å². The fourth-order valence-electron chi connectivity index (χ4n) is 2.99. The standard InChI is InChI=1S/C17H25NO4/c1-17(8-5-9-18(2)11-17)12-22-16(19)13-6-7-14(20-3)15(10-13)21-4/h6-7,10H,5,8-9,11-12H2,1-4H3. The number of nitrogens with zero attached hydrogens (tertiary/aromatic N) is 1. The minimum absolute atomic E-state index is 0.0270. The topological polar surface area (TPSA) is 48.0 Å². The van der Waals surface area contributed by atoms with E-state index in [2.05, 4.69) is 18.9 Å². The van der Waals surface area contributed by atoms with Gasteiger partial charge in [0.15, 0.2) is 11.5 Å². The molecular formula is C17H25NO4. The highest BCUT2D eigenvalue weighted by Gasteiger charge is 2.31. The normalized spacial score (nSPS) is 22.2. The monoisotopic (exact) mass is 307 g/mol. The van der Waals surface area contributed by atoms with Crippen molar-refractivity contribution in [1.82, 2.24) is 4.90 Å². The van der Waals surface area contributed by atoms with Crippen molar-refractivity contribution in [1.29, 1.82) is 0 Å². The number of hydrogen-bond donors (Lipinski definition) is 0. The van der Waals surface area contributed by atoms with Crippen LogP contribution in [0.2, 0.25) is 0 Å². The summed E-state index contributed by atoms with van der Waals surface area (Å²) < 4.78 is 15.9. The average Bonchev–Trinajstić information content (AvgIpc) is 2.51. The molecule has 5 heteroatoms. The quantitative estimate of drug-likeness (QED) is 0.783. The maximum absolute atomic E-state index is 12.2. The first kappa shape index (κ1) is 16.6. The summed E-state index contributed by atoms with van der Waals surface area (Å²) in [5, 5.41) is 0. The maximum atomic E-state index is 12.2. The van der Waals surface area contributed by atoms with Crippen LogP contribution >= 0.6 is 0 Å². The molecule has 1 atom stereocenters. The van der Waals surface area contributed by atoms with E-state index in [0.717, 1.165) is 25.9 Å². The molecule has 2 rings (SSSR count). The van der Waals surface area contributed by atoms with Gasteiger partial charge in [-0.1, -0.05) is 6.92 Å². The van der Waals surface area contributed by atoms with Crippen molar-refractivity contribution < 1.29 is 19.0 Å². The zero-order valence-corrected chi connectivity index (χ0v) is 13.8. The molecule has 22 heavy (non-hydrogen) atoms. The lowest BCUT2D eigenvalue weighted by atomic mass is 9.83. The molecule has 1 heterocycles. The Morgan fingerprint density at radius 2 is 2.00 bits per heavy atom.